The van der Waals surface area contributed by atoms with Crippen LogP contribution in [0.5, 0.6) is 0 Å². The highest BCUT2D eigenvalue weighted by atomic mass is 14.9. The van der Waals surface area contributed by atoms with Crippen LogP contribution in [0, 0.1) is 0 Å². The third-order valence-electron chi connectivity index (χ3n) is 3.78. The number of likely N-dealkylation sites (N-methyl/N-ethyl adjacent to an activating group) is 1. The summed E-state index contributed by atoms with van der Waals surface area (Å²) >= 11 is 0. The van der Waals surface area contributed by atoms with Gasteiger partial charge >= 0.3 is 0 Å². The minimum absolute atomic E-state index is 0.226. The summed E-state index contributed by atoms with van der Waals surface area (Å²) < 4.78 is 0. The molecule has 2 rings (SSSR count). The van der Waals surface area contributed by atoms with Crippen LogP contribution >= 0.6 is 0 Å². The number of hydrogen-bond acceptors (Lipinski definition) is 3. The molecule has 1 atom stereocenters. The first-order chi connectivity index (χ1) is 9.27. The van der Waals surface area contributed by atoms with Crippen LogP contribution in [0.3, 0.4) is 0 Å². The molecule has 1 aromatic rings. The lowest BCUT2D eigenvalue weighted by molar-refractivity contribution is 0.600. The maximum absolute atomic E-state index is 6.36. The topological polar surface area (TPSA) is 50.1 Å². The van der Waals surface area contributed by atoms with Crippen molar-refractivity contribution in [2.75, 3.05) is 25.9 Å². The first-order valence-electron chi connectivity index (χ1n) is 7.22. The zero-order valence-electron chi connectivity index (χ0n) is 12.0. The van der Waals surface area contributed by atoms with E-state index >= 15 is 0 Å². The molecule has 0 aromatic heterocycles. The van der Waals surface area contributed by atoms with Gasteiger partial charge in [0.15, 0.2) is 0 Å². The highest BCUT2D eigenvalue weighted by Crippen LogP contribution is 2.30. The number of nitrogen functional groups attached to an aromatic ring is 1. The van der Waals surface area contributed by atoms with E-state index in [9.17, 15) is 0 Å². The SMILES string of the molecule is CCCc1cccc(C(NC)C2=CCCNC2)c1N. The van der Waals surface area contributed by atoms with Crippen molar-refractivity contribution >= 4 is 5.69 Å². The predicted molar refractivity (Wildman–Crippen MR) is 82.2 cm³/mol. The van der Waals surface area contributed by atoms with E-state index in [0.29, 0.717) is 0 Å². The monoisotopic (exact) mass is 259 g/mol. The summed E-state index contributed by atoms with van der Waals surface area (Å²) in [7, 11) is 2.01. The van der Waals surface area contributed by atoms with Gasteiger partial charge in [-0.25, -0.2) is 0 Å². The summed E-state index contributed by atoms with van der Waals surface area (Å²) in [6.45, 7) is 4.21. The van der Waals surface area contributed by atoms with E-state index < -0.39 is 0 Å². The van der Waals surface area contributed by atoms with Gasteiger partial charge in [0.1, 0.15) is 0 Å². The molecule has 1 aromatic carbocycles. The van der Waals surface area contributed by atoms with Crippen LogP contribution in [0.25, 0.3) is 0 Å². The molecule has 0 amide bonds. The van der Waals surface area contributed by atoms with E-state index in [1.54, 1.807) is 0 Å². The van der Waals surface area contributed by atoms with Gasteiger partial charge in [-0.2, -0.15) is 0 Å². The molecule has 0 saturated heterocycles. The molecule has 3 nitrogen and oxygen atoms in total. The van der Waals surface area contributed by atoms with Crippen molar-refractivity contribution in [1.82, 2.24) is 10.6 Å². The first kappa shape index (κ1) is 14.1. The number of para-hydroxylation sites is 1. The summed E-state index contributed by atoms with van der Waals surface area (Å²) in [5.41, 5.74) is 11.2. The zero-order valence-corrected chi connectivity index (χ0v) is 12.0. The van der Waals surface area contributed by atoms with E-state index in [2.05, 4.69) is 41.8 Å². The highest BCUT2D eigenvalue weighted by Gasteiger charge is 2.19. The summed E-state index contributed by atoms with van der Waals surface area (Å²) in [4.78, 5) is 0. The average Bonchev–Trinajstić information content (AvgIpc) is 2.45. The van der Waals surface area contributed by atoms with E-state index in [4.69, 9.17) is 5.73 Å². The maximum Gasteiger partial charge on any atom is 0.0566 e. The molecule has 3 heteroatoms. The van der Waals surface area contributed by atoms with E-state index in [1.165, 1.54) is 16.7 Å². The second kappa shape index (κ2) is 6.73. The average molecular weight is 259 g/mol. The van der Waals surface area contributed by atoms with Crippen molar-refractivity contribution in [2.24, 2.45) is 0 Å². The number of hydrogen-bond donors (Lipinski definition) is 3. The number of anilines is 1. The molecular weight excluding hydrogens is 234 g/mol. The quantitative estimate of drug-likeness (QED) is 0.562. The number of nitrogens with two attached hydrogens (primary N) is 1. The zero-order chi connectivity index (χ0) is 13.7. The maximum atomic E-state index is 6.36. The Bertz CT molecular complexity index is 451. The third-order valence-corrected chi connectivity index (χ3v) is 3.78. The van der Waals surface area contributed by atoms with Crippen molar-refractivity contribution < 1.29 is 0 Å². The summed E-state index contributed by atoms with van der Waals surface area (Å²) in [5, 5.41) is 6.84. The van der Waals surface area contributed by atoms with Crippen molar-refractivity contribution in [3.8, 4) is 0 Å². The molecule has 0 aliphatic carbocycles. The molecule has 4 N–H and O–H groups in total. The smallest absolute Gasteiger partial charge is 0.0566 e. The van der Waals surface area contributed by atoms with Gasteiger partial charge in [0, 0.05) is 12.2 Å². The second-order valence-corrected chi connectivity index (χ2v) is 5.14. The molecular formula is C16H25N3. The van der Waals surface area contributed by atoms with Crippen LogP contribution in [0.15, 0.2) is 29.8 Å². The molecule has 0 fully saturated rings. The first-order valence-corrected chi connectivity index (χ1v) is 7.22. The van der Waals surface area contributed by atoms with Gasteiger partial charge in [0.2, 0.25) is 0 Å². The Morgan fingerprint density at radius 2 is 2.26 bits per heavy atom. The van der Waals surface area contributed by atoms with Gasteiger partial charge in [0.05, 0.1) is 6.04 Å². The molecule has 104 valence electrons. The lowest BCUT2D eigenvalue weighted by atomic mass is 9.92. The third kappa shape index (κ3) is 3.17. The summed E-state index contributed by atoms with van der Waals surface area (Å²) in [6, 6.07) is 6.63. The standard InChI is InChI=1S/C16H25N3/c1-3-6-12-7-4-9-14(15(12)17)16(18-2)13-8-5-10-19-11-13/h4,7-9,16,18-19H,3,5-6,10-11,17H2,1-2H3. The Morgan fingerprint density at radius 1 is 1.42 bits per heavy atom. The van der Waals surface area contributed by atoms with Gasteiger partial charge in [-0.15, -0.1) is 0 Å². The normalized spacial score (nSPS) is 17.1. The van der Waals surface area contributed by atoms with Crippen molar-refractivity contribution in [1.29, 1.82) is 0 Å². The molecule has 0 saturated carbocycles. The molecule has 19 heavy (non-hydrogen) atoms. The Balaban J connectivity index is 2.32. The largest absolute Gasteiger partial charge is 0.398 e. The van der Waals surface area contributed by atoms with Crippen LogP contribution in [-0.2, 0) is 6.42 Å². The predicted octanol–water partition coefficient (Wildman–Crippen LogP) is 2.40. The molecule has 0 radical (unpaired) electrons. The lowest BCUT2D eigenvalue weighted by Gasteiger charge is -2.26. The summed E-state index contributed by atoms with van der Waals surface area (Å²) in [6.07, 6.45) is 5.61. The van der Waals surface area contributed by atoms with Crippen molar-refractivity contribution in [2.45, 2.75) is 32.2 Å². The van der Waals surface area contributed by atoms with Crippen LogP contribution in [0.1, 0.15) is 36.9 Å². The summed E-state index contributed by atoms with van der Waals surface area (Å²) in [5.74, 6) is 0. The van der Waals surface area contributed by atoms with Crippen LogP contribution in [-0.4, -0.2) is 20.1 Å². The number of nitrogens with one attached hydrogen (secondary N) is 2. The van der Waals surface area contributed by atoms with E-state index in [0.717, 1.165) is 38.0 Å². The molecule has 0 bridgehead atoms. The molecule has 1 aliphatic rings. The minimum Gasteiger partial charge on any atom is -0.398 e. The van der Waals surface area contributed by atoms with E-state index in [1.807, 2.05) is 7.05 Å². The van der Waals surface area contributed by atoms with Gasteiger partial charge in [-0.1, -0.05) is 37.6 Å². The van der Waals surface area contributed by atoms with Gasteiger partial charge < -0.3 is 16.4 Å². The minimum atomic E-state index is 0.226. The molecule has 1 heterocycles. The van der Waals surface area contributed by atoms with Crippen LogP contribution < -0.4 is 16.4 Å². The van der Waals surface area contributed by atoms with Gasteiger partial charge in [0.25, 0.3) is 0 Å². The number of benzene rings is 1. The lowest BCUT2D eigenvalue weighted by Crippen LogP contribution is -2.30. The van der Waals surface area contributed by atoms with E-state index in [-0.39, 0.29) is 6.04 Å². The molecule has 0 spiro atoms. The van der Waals surface area contributed by atoms with Crippen LogP contribution in [0.4, 0.5) is 5.69 Å². The Hall–Kier alpha value is -1.32. The van der Waals surface area contributed by atoms with Crippen LogP contribution in [0.2, 0.25) is 0 Å². The fourth-order valence-corrected chi connectivity index (χ4v) is 2.80. The Morgan fingerprint density at radius 3 is 2.89 bits per heavy atom. The fraction of sp³-hybridized carbons (Fsp3) is 0.500. The molecule has 1 aliphatic heterocycles. The molecule has 1 unspecified atom stereocenters. The van der Waals surface area contributed by atoms with Gasteiger partial charge in [-0.3, -0.25) is 0 Å². The number of aryl methyl sites for hydroxylation is 1. The second-order valence-electron chi connectivity index (χ2n) is 5.14. The Labute approximate surface area is 116 Å². The van der Waals surface area contributed by atoms with Crippen molar-refractivity contribution in [3.05, 3.63) is 41.0 Å². The number of rotatable bonds is 5. The highest BCUT2D eigenvalue weighted by molar-refractivity contribution is 5.57. The fourth-order valence-electron chi connectivity index (χ4n) is 2.80. The van der Waals surface area contributed by atoms with Crippen molar-refractivity contribution in [3.63, 3.8) is 0 Å². The van der Waals surface area contributed by atoms with Gasteiger partial charge in [-0.05, 0) is 43.1 Å². The Kier molecular flexibility index (Phi) is 5.00.